The minimum Gasteiger partial charge on any atom is -0.381 e. The Morgan fingerprint density at radius 3 is 1.50 bits per heavy atom. The monoisotopic (exact) mass is 213 g/mol. The summed E-state index contributed by atoms with van der Waals surface area (Å²) in [6.45, 7) is 10.9. The Labute approximate surface area is 101 Å². The van der Waals surface area contributed by atoms with Crippen LogP contribution in [0.3, 0.4) is 0 Å². The highest BCUT2D eigenvalue weighted by molar-refractivity contribution is 5.75. The average molecular weight is 213 g/mol. The molecule has 0 aliphatic carbocycles. The molecule has 0 aliphatic heterocycles. The van der Waals surface area contributed by atoms with Crippen molar-refractivity contribution in [1.82, 2.24) is 0 Å². The lowest BCUT2D eigenvalue weighted by Crippen LogP contribution is -2.11. The summed E-state index contributed by atoms with van der Waals surface area (Å²) >= 11 is 0. The molecule has 0 rings (SSSR count). The molecule has 2 unspecified atom stereocenters. The van der Waals surface area contributed by atoms with Crippen molar-refractivity contribution in [3.63, 3.8) is 0 Å². The topological polar surface area (TPSA) is 9.23 Å². The molecule has 14 heavy (non-hydrogen) atoms. The first-order valence-corrected chi connectivity index (χ1v) is 5.78. The predicted octanol–water partition coefficient (Wildman–Crippen LogP) is 3.49. The summed E-state index contributed by atoms with van der Waals surface area (Å²) < 4.78 is 5.66. The lowest BCUT2D eigenvalue weighted by molar-refractivity contribution is 0.0751. The van der Waals surface area contributed by atoms with Gasteiger partial charge in [0.25, 0.3) is 0 Å². The van der Waals surface area contributed by atoms with Crippen LogP contribution in [0, 0.1) is 11.8 Å². The molecule has 0 heterocycles. The van der Waals surface area contributed by atoms with Gasteiger partial charge in [-0.2, -0.15) is 0 Å². The van der Waals surface area contributed by atoms with Gasteiger partial charge in [0.2, 0.25) is 0 Å². The summed E-state index contributed by atoms with van der Waals surface area (Å²) in [5.74, 6) is 1.47. The van der Waals surface area contributed by atoms with E-state index in [9.17, 15) is 0 Å². The summed E-state index contributed by atoms with van der Waals surface area (Å²) in [7, 11) is 0. The molecule has 2 atom stereocenters. The van der Waals surface area contributed by atoms with Gasteiger partial charge in [-0.1, -0.05) is 40.5 Å². The lowest BCUT2D eigenvalue weighted by atomic mass is 10.1. The van der Waals surface area contributed by atoms with Crippen molar-refractivity contribution in [3.05, 3.63) is 0 Å². The molecule has 0 saturated carbocycles. The van der Waals surface area contributed by atoms with E-state index in [1.807, 2.05) is 0 Å². The molecule has 0 amide bonds. The van der Waals surface area contributed by atoms with Crippen LogP contribution in [0.1, 0.15) is 53.4 Å². The summed E-state index contributed by atoms with van der Waals surface area (Å²) in [6.07, 6.45) is 5.13. The van der Waals surface area contributed by atoms with E-state index >= 15 is 0 Å². The van der Waals surface area contributed by atoms with Crippen LogP contribution in [-0.4, -0.2) is 30.6 Å². The van der Waals surface area contributed by atoms with E-state index in [2.05, 4.69) is 27.7 Å². The summed E-state index contributed by atoms with van der Waals surface area (Å²) in [6, 6.07) is 0. The highest BCUT2D eigenvalue weighted by Gasteiger charge is 2.03. The van der Waals surface area contributed by atoms with Crippen LogP contribution in [0.15, 0.2) is 0 Å². The van der Waals surface area contributed by atoms with Crippen molar-refractivity contribution in [2.45, 2.75) is 53.4 Å². The average Bonchev–Trinajstić information content (AvgIpc) is 2.05. The van der Waals surface area contributed by atoms with Crippen molar-refractivity contribution in [1.29, 1.82) is 0 Å². The molecule has 0 N–H and O–H groups in total. The zero-order valence-electron chi connectivity index (χ0n) is 10.4. The molecule has 0 bridgehead atoms. The van der Waals surface area contributed by atoms with E-state index in [1.54, 1.807) is 0 Å². The van der Waals surface area contributed by atoms with E-state index < -0.39 is 0 Å². The first kappa shape index (κ1) is 16.9. The second-order valence-electron chi connectivity index (χ2n) is 4.33. The van der Waals surface area contributed by atoms with Crippen LogP contribution in [-0.2, 0) is 4.74 Å². The molecular weight excluding hydrogens is 187 g/mol. The van der Waals surface area contributed by atoms with Crippen molar-refractivity contribution in [3.8, 4) is 0 Å². The smallest absolute Gasteiger partial charge is 0.0491 e. The van der Waals surface area contributed by atoms with E-state index in [0.29, 0.717) is 0 Å². The maximum atomic E-state index is 5.66. The molecule has 0 fully saturated rings. The Morgan fingerprint density at radius 1 is 0.857 bits per heavy atom. The quantitative estimate of drug-likeness (QED) is 0.561. The molecule has 0 aromatic carbocycles. The first-order valence-electron chi connectivity index (χ1n) is 5.78. The highest BCUT2D eigenvalue weighted by Crippen LogP contribution is 2.08. The largest absolute Gasteiger partial charge is 0.381 e. The van der Waals surface area contributed by atoms with Crippen molar-refractivity contribution in [2.75, 3.05) is 13.2 Å². The van der Waals surface area contributed by atoms with Crippen molar-refractivity contribution in [2.24, 2.45) is 11.8 Å². The molecule has 0 aromatic heterocycles. The molecule has 0 aliphatic rings. The zero-order chi connectivity index (χ0) is 10.1. The van der Waals surface area contributed by atoms with Gasteiger partial charge in [0.1, 0.15) is 0 Å². The third kappa shape index (κ3) is 10.6. The standard InChI is InChI=1S/C12H26O.Al/c1-5-7-11(3)9-13-10-12(4)8-6-2;/h11-12H,5-10H2,1-4H3;. The van der Waals surface area contributed by atoms with E-state index in [4.69, 9.17) is 4.74 Å². The summed E-state index contributed by atoms with van der Waals surface area (Å²) in [4.78, 5) is 0. The molecule has 0 spiro atoms. The number of hydrogen-bond donors (Lipinski definition) is 0. The van der Waals surface area contributed by atoms with Crippen LogP contribution < -0.4 is 0 Å². The Kier molecular flexibility index (Phi) is 14.0. The zero-order valence-corrected chi connectivity index (χ0v) is 11.5. The van der Waals surface area contributed by atoms with Gasteiger partial charge in [-0.25, -0.2) is 0 Å². The van der Waals surface area contributed by atoms with Crippen LogP contribution in [0.2, 0.25) is 0 Å². The van der Waals surface area contributed by atoms with Crippen LogP contribution >= 0.6 is 0 Å². The molecule has 83 valence electrons. The normalized spacial score (nSPS) is 14.6. The van der Waals surface area contributed by atoms with Gasteiger partial charge in [0.15, 0.2) is 0 Å². The molecule has 0 aromatic rings. The molecule has 2 heteroatoms. The van der Waals surface area contributed by atoms with Gasteiger partial charge in [0, 0.05) is 30.6 Å². The van der Waals surface area contributed by atoms with Crippen LogP contribution in [0.4, 0.5) is 0 Å². The predicted molar refractivity (Wildman–Crippen MR) is 64.7 cm³/mol. The van der Waals surface area contributed by atoms with Crippen molar-refractivity contribution < 1.29 is 4.74 Å². The maximum absolute atomic E-state index is 5.66. The van der Waals surface area contributed by atoms with Crippen molar-refractivity contribution >= 4 is 17.4 Å². The second kappa shape index (κ2) is 11.6. The van der Waals surface area contributed by atoms with Crippen LogP contribution in [0.5, 0.6) is 0 Å². The third-order valence-electron chi connectivity index (χ3n) is 2.37. The van der Waals surface area contributed by atoms with E-state index in [1.165, 1.54) is 25.7 Å². The molecule has 1 nitrogen and oxygen atoms in total. The second-order valence-corrected chi connectivity index (χ2v) is 4.33. The first-order chi connectivity index (χ1) is 6.20. The van der Waals surface area contributed by atoms with Gasteiger partial charge in [-0.3, -0.25) is 0 Å². The van der Waals surface area contributed by atoms with Gasteiger partial charge in [-0.05, 0) is 24.7 Å². The SMILES string of the molecule is CCCC(C)COCC(C)CCC.[Al]. The Hall–Kier alpha value is 0.492. The Morgan fingerprint density at radius 2 is 1.21 bits per heavy atom. The Balaban J connectivity index is 0. The molecular formula is C12H26AlO. The number of rotatable bonds is 8. The lowest BCUT2D eigenvalue weighted by Gasteiger charge is -2.14. The Bertz CT molecular complexity index is 94.5. The van der Waals surface area contributed by atoms with Gasteiger partial charge >= 0.3 is 0 Å². The van der Waals surface area contributed by atoms with Gasteiger partial charge in [0.05, 0.1) is 0 Å². The fourth-order valence-electron chi connectivity index (χ4n) is 1.62. The number of ether oxygens (including phenoxy) is 1. The number of hydrogen-bond acceptors (Lipinski definition) is 1. The molecule has 0 saturated heterocycles. The third-order valence-corrected chi connectivity index (χ3v) is 2.37. The van der Waals surface area contributed by atoms with E-state index in [0.717, 1.165) is 25.0 Å². The van der Waals surface area contributed by atoms with Crippen LogP contribution in [0.25, 0.3) is 0 Å². The molecule has 3 radical (unpaired) electrons. The van der Waals surface area contributed by atoms with Gasteiger partial charge < -0.3 is 4.74 Å². The van der Waals surface area contributed by atoms with E-state index in [-0.39, 0.29) is 17.4 Å². The minimum atomic E-state index is 0. The minimum absolute atomic E-state index is 0. The maximum Gasteiger partial charge on any atom is 0.0491 e. The van der Waals surface area contributed by atoms with Gasteiger partial charge in [-0.15, -0.1) is 0 Å². The fourth-order valence-corrected chi connectivity index (χ4v) is 1.62. The summed E-state index contributed by atoms with van der Waals surface area (Å²) in [5.41, 5.74) is 0. The fraction of sp³-hybridized carbons (Fsp3) is 1.00. The summed E-state index contributed by atoms with van der Waals surface area (Å²) in [5, 5.41) is 0. The highest BCUT2D eigenvalue weighted by atomic mass is 27.0.